The number of carbonyl (C=O) groups excluding carboxylic acids is 1. The number of benzene rings is 1. The Bertz CT molecular complexity index is 712. The van der Waals surface area contributed by atoms with Crippen molar-refractivity contribution in [1.82, 2.24) is 9.62 Å². The Labute approximate surface area is 136 Å². The minimum atomic E-state index is -3.70. The largest absolute Gasteiger partial charge is 0.355 e. The number of piperidine rings is 1. The summed E-state index contributed by atoms with van der Waals surface area (Å²) in [4.78, 5) is 12.1. The molecule has 0 aromatic heterocycles. The summed E-state index contributed by atoms with van der Waals surface area (Å²) in [6, 6.07) is 7.85. The van der Waals surface area contributed by atoms with Crippen molar-refractivity contribution in [3.05, 3.63) is 29.8 Å². The normalized spacial score (nSPS) is 19.0. The average molecular weight is 336 g/mol. The molecule has 0 saturated carbocycles. The topological polar surface area (TPSA) is 116 Å². The highest BCUT2D eigenvalue weighted by Crippen LogP contribution is 2.24. The van der Waals surface area contributed by atoms with Crippen LogP contribution in [0.5, 0.6) is 0 Å². The summed E-state index contributed by atoms with van der Waals surface area (Å²) in [5, 5.41) is 11.6. The lowest BCUT2D eigenvalue weighted by Crippen LogP contribution is -2.46. The summed E-state index contributed by atoms with van der Waals surface area (Å²) in [5.41, 5.74) is 5.65. The van der Waals surface area contributed by atoms with Crippen LogP contribution in [-0.2, 0) is 14.8 Å². The van der Waals surface area contributed by atoms with Gasteiger partial charge in [0, 0.05) is 26.2 Å². The monoisotopic (exact) mass is 336 g/mol. The van der Waals surface area contributed by atoms with E-state index in [1.54, 1.807) is 12.1 Å². The first kappa shape index (κ1) is 17.4. The summed E-state index contributed by atoms with van der Waals surface area (Å²) < 4.78 is 26.7. The van der Waals surface area contributed by atoms with Gasteiger partial charge < -0.3 is 11.1 Å². The molecule has 1 aromatic carbocycles. The van der Waals surface area contributed by atoms with E-state index in [1.807, 2.05) is 6.07 Å². The molecule has 1 aromatic rings. The maximum absolute atomic E-state index is 12.7. The number of hydrogen-bond donors (Lipinski definition) is 2. The highest BCUT2D eigenvalue weighted by molar-refractivity contribution is 7.89. The number of sulfonamides is 1. The van der Waals surface area contributed by atoms with Crippen LogP contribution in [0.2, 0.25) is 0 Å². The van der Waals surface area contributed by atoms with E-state index in [1.165, 1.54) is 16.4 Å². The van der Waals surface area contributed by atoms with Crippen LogP contribution in [0.1, 0.15) is 18.4 Å². The van der Waals surface area contributed by atoms with Crippen LogP contribution in [-0.4, -0.2) is 44.8 Å². The lowest BCUT2D eigenvalue weighted by Gasteiger charge is -2.31. The first-order valence-electron chi connectivity index (χ1n) is 7.47. The molecule has 1 atom stereocenters. The van der Waals surface area contributed by atoms with E-state index in [2.05, 4.69) is 5.32 Å². The molecule has 1 unspecified atom stereocenters. The molecule has 0 aliphatic carbocycles. The number of hydrogen-bond acceptors (Lipinski definition) is 5. The molecule has 1 saturated heterocycles. The maximum atomic E-state index is 12.7. The summed E-state index contributed by atoms with van der Waals surface area (Å²) >= 11 is 0. The van der Waals surface area contributed by atoms with E-state index in [-0.39, 0.29) is 23.3 Å². The average Bonchev–Trinajstić information content (AvgIpc) is 2.59. The van der Waals surface area contributed by atoms with Crippen molar-refractivity contribution in [2.45, 2.75) is 17.7 Å². The van der Waals surface area contributed by atoms with Crippen LogP contribution in [0, 0.1) is 17.2 Å². The molecular formula is C15H20N4O3S. The molecule has 23 heavy (non-hydrogen) atoms. The van der Waals surface area contributed by atoms with Crippen molar-refractivity contribution in [2.24, 2.45) is 11.7 Å². The van der Waals surface area contributed by atoms with Gasteiger partial charge in [0.15, 0.2) is 0 Å². The Morgan fingerprint density at radius 1 is 1.48 bits per heavy atom. The summed E-state index contributed by atoms with van der Waals surface area (Å²) in [6.45, 7) is 1.25. The number of nitrogens with one attached hydrogen (secondary N) is 1. The molecule has 124 valence electrons. The van der Waals surface area contributed by atoms with Crippen LogP contribution in [0.15, 0.2) is 29.2 Å². The van der Waals surface area contributed by atoms with Gasteiger partial charge in [0.05, 0.1) is 22.4 Å². The second kappa shape index (κ2) is 7.55. The van der Waals surface area contributed by atoms with Crippen LogP contribution in [0.3, 0.4) is 0 Å². The van der Waals surface area contributed by atoms with Gasteiger partial charge in [-0.3, -0.25) is 4.79 Å². The second-order valence-electron chi connectivity index (χ2n) is 5.42. The van der Waals surface area contributed by atoms with Gasteiger partial charge in [0.1, 0.15) is 0 Å². The molecule has 7 nitrogen and oxygen atoms in total. The van der Waals surface area contributed by atoms with Crippen LogP contribution >= 0.6 is 0 Å². The molecule has 0 spiro atoms. The van der Waals surface area contributed by atoms with Gasteiger partial charge in [-0.15, -0.1) is 0 Å². The highest BCUT2D eigenvalue weighted by Gasteiger charge is 2.33. The SMILES string of the molecule is N#Cc1cccc(S(=O)(=O)N2CCCC(C(=O)NCCN)C2)c1. The number of amides is 1. The molecule has 1 aliphatic rings. The first-order valence-corrected chi connectivity index (χ1v) is 8.91. The minimum Gasteiger partial charge on any atom is -0.355 e. The van der Waals surface area contributed by atoms with E-state index in [9.17, 15) is 13.2 Å². The molecule has 8 heteroatoms. The lowest BCUT2D eigenvalue weighted by molar-refractivity contribution is -0.126. The zero-order chi connectivity index (χ0) is 16.9. The molecule has 1 amide bonds. The lowest BCUT2D eigenvalue weighted by atomic mass is 9.99. The van der Waals surface area contributed by atoms with E-state index in [0.29, 0.717) is 38.0 Å². The summed E-state index contributed by atoms with van der Waals surface area (Å²) in [6.07, 6.45) is 1.28. The van der Waals surface area contributed by atoms with Crippen LogP contribution < -0.4 is 11.1 Å². The Hall–Kier alpha value is -1.95. The molecule has 1 heterocycles. The Balaban J connectivity index is 2.16. The number of carbonyl (C=O) groups is 1. The Morgan fingerprint density at radius 3 is 2.96 bits per heavy atom. The predicted molar refractivity (Wildman–Crippen MR) is 84.7 cm³/mol. The van der Waals surface area contributed by atoms with Crippen molar-refractivity contribution in [3.63, 3.8) is 0 Å². The molecule has 0 bridgehead atoms. The van der Waals surface area contributed by atoms with E-state index < -0.39 is 10.0 Å². The van der Waals surface area contributed by atoms with Crippen molar-refractivity contribution in [1.29, 1.82) is 5.26 Å². The third-order valence-electron chi connectivity index (χ3n) is 3.80. The fourth-order valence-corrected chi connectivity index (χ4v) is 4.16. The van der Waals surface area contributed by atoms with Gasteiger partial charge >= 0.3 is 0 Å². The standard InChI is InChI=1S/C15H20N4O3S/c16-6-7-18-15(20)13-4-2-8-19(11-13)23(21,22)14-5-1-3-12(9-14)10-17/h1,3,5,9,13H,2,4,6-8,11,16H2,(H,18,20). The van der Waals surface area contributed by atoms with Gasteiger partial charge in [0.25, 0.3) is 0 Å². The zero-order valence-electron chi connectivity index (χ0n) is 12.7. The molecule has 2 rings (SSSR count). The van der Waals surface area contributed by atoms with E-state index >= 15 is 0 Å². The van der Waals surface area contributed by atoms with Crippen LogP contribution in [0.25, 0.3) is 0 Å². The van der Waals surface area contributed by atoms with Gasteiger partial charge in [-0.25, -0.2) is 8.42 Å². The van der Waals surface area contributed by atoms with Crippen molar-refractivity contribution in [2.75, 3.05) is 26.2 Å². The van der Waals surface area contributed by atoms with Crippen molar-refractivity contribution < 1.29 is 13.2 Å². The number of rotatable bonds is 5. The van der Waals surface area contributed by atoms with Gasteiger partial charge in [-0.05, 0) is 31.0 Å². The Kier molecular flexibility index (Phi) is 5.71. The summed E-state index contributed by atoms with van der Waals surface area (Å²) in [5.74, 6) is -0.537. The first-order chi connectivity index (χ1) is 11.0. The quantitative estimate of drug-likeness (QED) is 0.787. The zero-order valence-corrected chi connectivity index (χ0v) is 13.6. The number of nitrogens with two attached hydrogens (primary N) is 1. The van der Waals surface area contributed by atoms with E-state index in [0.717, 1.165) is 0 Å². The summed E-state index contributed by atoms with van der Waals surface area (Å²) in [7, 11) is -3.70. The Morgan fingerprint density at radius 2 is 2.26 bits per heavy atom. The van der Waals surface area contributed by atoms with Crippen LogP contribution in [0.4, 0.5) is 0 Å². The van der Waals surface area contributed by atoms with Gasteiger partial charge in [-0.1, -0.05) is 6.07 Å². The van der Waals surface area contributed by atoms with Crippen molar-refractivity contribution >= 4 is 15.9 Å². The number of nitrogens with zero attached hydrogens (tertiary/aromatic N) is 2. The second-order valence-corrected chi connectivity index (χ2v) is 7.36. The predicted octanol–water partition coefficient (Wildman–Crippen LogP) is 0.0339. The minimum absolute atomic E-state index is 0.0829. The van der Waals surface area contributed by atoms with E-state index in [4.69, 9.17) is 11.0 Å². The maximum Gasteiger partial charge on any atom is 0.243 e. The number of nitriles is 1. The van der Waals surface area contributed by atoms with Gasteiger partial charge in [0.2, 0.25) is 15.9 Å². The smallest absolute Gasteiger partial charge is 0.243 e. The molecule has 1 aliphatic heterocycles. The third-order valence-corrected chi connectivity index (χ3v) is 5.66. The fraction of sp³-hybridized carbons (Fsp3) is 0.467. The van der Waals surface area contributed by atoms with Gasteiger partial charge in [-0.2, -0.15) is 9.57 Å². The van der Waals surface area contributed by atoms with Crippen molar-refractivity contribution in [3.8, 4) is 6.07 Å². The molecule has 3 N–H and O–H groups in total. The fourth-order valence-electron chi connectivity index (χ4n) is 2.59. The molecule has 1 fully saturated rings. The molecular weight excluding hydrogens is 316 g/mol. The molecule has 0 radical (unpaired) electrons. The third kappa shape index (κ3) is 4.07. The highest BCUT2D eigenvalue weighted by atomic mass is 32.2.